The predicted octanol–water partition coefficient (Wildman–Crippen LogP) is 5.74. The first kappa shape index (κ1) is 16.1. The lowest BCUT2D eigenvalue weighted by atomic mass is 9.70. The van der Waals surface area contributed by atoms with Crippen molar-refractivity contribution in [3.63, 3.8) is 0 Å². The average Bonchev–Trinajstić information content (AvgIpc) is 2.49. The molecule has 0 radical (unpaired) electrons. The summed E-state index contributed by atoms with van der Waals surface area (Å²) in [6.07, 6.45) is 19.3. The van der Waals surface area contributed by atoms with Crippen LogP contribution in [0.1, 0.15) is 78.1 Å². The summed E-state index contributed by atoms with van der Waals surface area (Å²) in [5.74, 6) is 3.07. The second-order valence-electron chi connectivity index (χ2n) is 6.92. The van der Waals surface area contributed by atoms with E-state index < -0.39 is 0 Å². The zero-order chi connectivity index (χ0) is 14.2. The lowest BCUT2D eigenvalue weighted by molar-refractivity contribution is 0.0135. The third-order valence-corrected chi connectivity index (χ3v) is 5.66. The normalized spacial score (nSPS) is 35.5. The molecule has 0 bridgehead atoms. The van der Waals surface area contributed by atoms with E-state index in [9.17, 15) is 0 Å². The zero-order valence-electron chi connectivity index (χ0n) is 13.7. The fourth-order valence-electron chi connectivity index (χ4n) is 4.41. The van der Waals surface area contributed by atoms with Gasteiger partial charge in [-0.1, -0.05) is 25.0 Å². The molecule has 0 N–H and O–H groups in total. The van der Waals surface area contributed by atoms with E-state index in [4.69, 9.17) is 4.74 Å². The van der Waals surface area contributed by atoms with Crippen LogP contribution in [0.5, 0.6) is 0 Å². The van der Waals surface area contributed by atoms with Crippen LogP contribution in [0.2, 0.25) is 0 Å². The molecular weight excluding hydrogens is 244 g/mol. The molecule has 0 spiro atoms. The number of hydrogen-bond acceptors (Lipinski definition) is 1. The van der Waals surface area contributed by atoms with Crippen LogP contribution in [0.15, 0.2) is 12.2 Å². The van der Waals surface area contributed by atoms with Crippen LogP contribution < -0.4 is 0 Å². The van der Waals surface area contributed by atoms with Gasteiger partial charge in [-0.25, -0.2) is 0 Å². The van der Waals surface area contributed by atoms with Crippen molar-refractivity contribution in [2.45, 2.75) is 84.2 Å². The predicted molar refractivity (Wildman–Crippen MR) is 86.9 cm³/mol. The molecule has 2 saturated carbocycles. The van der Waals surface area contributed by atoms with Gasteiger partial charge in [-0.05, 0) is 83.0 Å². The molecule has 0 aromatic carbocycles. The van der Waals surface area contributed by atoms with Gasteiger partial charge in [0.1, 0.15) is 0 Å². The molecule has 0 heterocycles. The quantitative estimate of drug-likeness (QED) is 0.562. The van der Waals surface area contributed by atoms with Gasteiger partial charge in [-0.3, -0.25) is 0 Å². The second kappa shape index (κ2) is 8.87. The third-order valence-electron chi connectivity index (χ3n) is 5.66. The molecule has 0 unspecified atom stereocenters. The minimum atomic E-state index is 0.577. The molecule has 2 aliphatic rings. The summed E-state index contributed by atoms with van der Waals surface area (Å²) in [6.45, 7) is 5.16. The molecule has 0 aromatic rings. The first-order chi connectivity index (χ1) is 9.83. The van der Waals surface area contributed by atoms with E-state index in [1.807, 2.05) is 0 Å². The van der Waals surface area contributed by atoms with Crippen LogP contribution in [0.4, 0.5) is 0 Å². The Morgan fingerprint density at radius 1 is 0.900 bits per heavy atom. The van der Waals surface area contributed by atoms with Gasteiger partial charge in [0, 0.05) is 6.61 Å². The molecule has 20 heavy (non-hydrogen) atoms. The zero-order valence-corrected chi connectivity index (χ0v) is 13.7. The lowest BCUT2D eigenvalue weighted by Gasteiger charge is -2.37. The van der Waals surface area contributed by atoms with Crippen molar-refractivity contribution in [3.8, 4) is 0 Å². The van der Waals surface area contributed by atoms with Crippen LogP contribution in [0.25, 0.3) is 0 Å². The minimum Gasteiger partial charge on any atom is -0.379 e. The summed E-state index contributed by atoms with van der Waals surface area (Å²) in [4.78, 5) is 0. The molecule has 1 heteroatoms. The topological polar surface area (TPSA) is 9.23 Å². The Hall–Kier alpha value is -0.300. The molecule has 1 nitrogen and oxygen atoms in total. The second-order valence-corrected chi connectivity index (χ2v) is 6.92. The Bertz CT molecular complexity index is 267. The summed E-state index contributed by atoms with van der Waals surface area (Å²) in [7, 11) is 0. The highest BCUT2D eigenvalue weighted by molar-refractivity contribution is 4.84. The molecule has 2 rings (SSSR count). The van der Waals surface area contributed by atoms with E-state index in [2.05, 4.69) is 26.0 Å². The van der Waals surface area contributed by atoms with Crippen LogP contribution in [0.3, 0.4) is 0 Å². The number of ether oxygens (including phenoxy) is 1. The molecule has 0 atom stereocenters. The van der Waals surface area contributed by atoms with E-state index in [-0.39, 0.29) is 0 Å². The molecule has 2 fully saturated rings. The lowest BCUT2D eigenvalue weighted by Crippen LogP contribution is -2.28. The van der Waals surface area contributed by atoms with Gasteiger partial charge in [0.05, 0.1) is 6.10 Å². The number of hydrogen-bond donors (Lipinski definition) is 0. The Morgan fingerprint density at radius 2 is 1.50 bits per heavy atom. The minimum absolute atomic E-state index is 0.577. The molecule has 0 aliphatic heterocycles. The van der Waals surface area contributed by atoms with Gasteiger partial charge in [-0.15, -0.1) is 0 Å². The summed E-state index contributed by atoms with van der Waals surface area (Å²) in [5.41, 5.74) is 0. The van der Waals surface area contributed by atoms with Crippen LogP contribution in [-0.2, 0) is 4.74 Å². The fourth-order valence-corrected chi connectivity index (χ4v) is 4.41. The van der Waals surface area contributed by atoms with Crippen LogP contribution in [0, 0.1) is 17.8 Å². The Balaban J connectivity index is 1.64. The largest absolute Gasteiger partial charge is 0.379 e. The smallest absolute Gasteiger partial charge is 0.0575 e. The van der Waals surface area contributed by atoms with Crippen molar-refractivity contribution in [1.29, 1.82) is 0 Å². The molecule has 116 valence electrons. The Labute approximate surface area is 126 Å². The Kier molecular flexibility index (Phi) is 7.13. The number of rotatable bonds is 6. The summed E-state index contributed by atoms with van der Waals surface area (Å²) < 4.78 is 5.78. The van der Waals surface area contributed by atoms with Crippen molar-refractivity contribution in [2.75, 3.05) is 6.61 Å². The van der Waals surface area contributed by atoms with E-state index in [0.29, 0.717) is 6.10 Å². The van der Waals surface area contributed by atoms with Crippen molar-refractivity contribution < 1.29 is 4.74 Å². The van der Waals surface area contributed by atoms with Crippen molar-refractivity contribution in [2.24, 2.45) is 17.8 Å². The highest BCUT2D eigenvalue weighted by Gasteiger charge is 2.30. The highest BCUT2D eigenvalue weighted by atomic mass is 16.5. The first-order valence-electron chi connectivity index (χ1n) is 9.06. The van der Waals surface area contributed by atoms with E-state index in [1.165, 1.54) is 64.2 Å². The first-order valence-corrected chi connectivity index (χ1v) is 9.06. The maximum atomic E-state index is 5.78. The van der Waals surface area contributed by atoms with Crippen LogP contribution in [-0.4, -0.2) is 12.7 Å². The standard InChI is InChI=1S/C19H34O/c1-3-5-6-7-16-8-10-17(11-9-16)18-12-14-19(15-13-18)20-4-2/h3,5,16-19H,4,6-15H2,1-2H3. The Morgan fingerprint density at radius 3 is 2.05 bits per heavy atom. The van der Waals surface area contributed by atoms with Gasteiger partial charge >= 0.3 is 0 Å². The van der Waals surface area contributed by atoms with E-state index in [0.717, 1.165) is 24.4 Å². The third kappa shape index (κ3) is 4.91. The van der Waals surface area contributed by atoms with Crippen molar-refractivity contribution in [1.82, 2.24) is 0 Å². The highest BCUT2D eigenvalue weighted by Crippen LogP contribution is 2.41. The molecular formula is C19H34O. The van der Waals surface area contributed by atoms with E-state index >= 15 is 0 Å². The van der Waals surface area contributed by atoms with Gasteiger partial charge in [0.25, 0.3) is 0 Å². The van der Waals surface area contributed by atoms with Gasteiger partial charge in [0.15, 0.2) is 0 Å². The summed E-state index contributed by atoms with van der Waals surface area (Å²) >= 11 is 0. The maximum absolute atomic E-state index is 5.78. The monoisotopic (exact) mass is 278 g/mol. The van der Waals surface area contributed by atoms with Gasteiger partial charge in [0.2, 0.25) is 0 Å². The number of allylic oxidation sites excluding steroid dienone is 2. The van der Waals surface area contributed by atoms with E-state index in [1.54, 1.807) is 0 Å². The van der Waals surface area contributed by atoms with Gasteiger partial charge in [-0.2, -0.15) is 0 Å². The van der Waals surface area contributed by atoms with Crippen molar-refractivity contribution >= 4 is 0 Å². The molecule has 0 saturated heterocycles. The van der Waals surface area contributed by atoms with Crippen molar-refractivity contribution in [3.05, 3.63) is 12.2 Å². The molecule has 2 aliphatic carbocycles. The summed E-state index contributed by atoms with van der Waals surface area (Å²) in [5, 5.41) is 0. The van der Waals surface area contributed by atoms with Gasteiger partial charge < -0.3 is 4.74 Å². The SMILES string of the molecule is CC=CCCC1CCC(C2CCC(OCC)CC2)CC1. The molecule has 0 aromatic heterocycles. The maximum Gasteiger partial charge on any atom is 0.0575 e. The van der Waals surface area contributed by atoms with Crippen LogP contribution >= 0.6 is 0 Å². The molecule has 0 amide bonds. The summed E-state index contributed by atoms with van der Waals surface area (Å²) in [6, 6.07) is 0. The fraction of sp³-hybridized carbons (Fsp3) is 0.895. The average molecular weight is 278 g/mol.